The van der Waals surface area contributed by atoms with Gasteiger partial charge in [0.05, 0.1) is 0 Å². The van der Waals surface area contributed by atoms with Gasteiger partial charge in [-0.05, 0) is 35.7 Å². The van der Waals surface area contributed by atoms with Crippen molar-refractivity contribution in [2.45, 2.75) is 33.7 Å². The van der Waals surface area contributed by atoms with Crippen LogP contribution in [0.25, 0.3) is 0 Å². The maximum atomic E-state index is 4.14. The molecule has 3 nitrogen and oxygen atoms in total. The Balaban J connectivity index is 2.77. The fraction of sp³-hybridized carbons (Fsp3) is 0.778. The molecule has 0 aliphatic heterocycles. The highest BCUT2D eigenvalue weighted by molar-refractivity contribution is 9.11. The van der Waals surface area contributed by atoms with Crippen LogP contribution in [-0.2, 0) is 0 Å². The van der Waals surface area contributed by atoms with Gasteiger partial charge in [-0.25, -0.2) is 0 Å². The molecule has 0 aliphatic carbocycles. The second-order valence-electron chi connectivity index (χ2n) is 3.98. The molecule has 0 fully saturated rings. The first-order valence-corrected chi connectivity index (χ1v) is 6.37. The van der Waals surface area contributed by atoms with E-state index in [4.69, 9.17) is 0 Å². The first-order chi connectivity index (χ1) is 6.50. The Labute approximate surface area is 97.7 Å². The molecule has 80 valence electrons. The van der Waals surface area contributed by atoms with Gasteiger partial charge in [-0.15, -0.1) is 10.2 Å². The number of hydrogen-bond acceptors (Lipinski definition) is 4. The average Bonchev–Trinajstić information content (AvgIpc) is 2.46. The summed E-state index contributed by atoms with van der Waals surface area (Å²) in [6, 6.07) is 0.470. The molecule has 1 aromatic heterocycles. The molecule has 0 bridgehead atoms. The van der Waals surface area contributed by atoms with E-state index in [1.807, 2.05) is 0 Å². The van der Waals surface area contributed by atoms with Gasteiger partial charge < -0.3 is 4.90 Å². The van der Waals surface area contributed by atoms with Crippen LogP contribution in [0.15, 0.2) is 3.92 Å². The molecule has 5 heteroatoms. The molecule has 0 aromatic carbocycles. The third-order valence-corrected chi connectivity index (χ3v) is 3.21. The minimum atomic E-state index is 0.470. The molecule has 0 saturated carbocycles. The van der Waals surface area contributed by atoms with E-state index in [-0.39, 0.29) is 0 Å². The maximum Gasteiger partial charge on any atom is 0.209 e. The van der Waals surface area contributed by atoms with Gasteiger partial charge in [0.2, 0.25) is 5.13 Å². The summed E-state index contributed by atoms with van der Waals surface area (Å²) < 4.78 is 0.849. The van der Waals surface area contributed by atoms with Gasteiger partial charge in [-0.3, -0.25) is 0 Å². The van der Waals surface area contributed by atoms with Gasteiger partial charge in [0.25, 0.3) is 0 Å². The zero-order valence-electron chi connectivity index (χ0n) is 8.99. The van der Waals surface area contributed by atoms with Crippen LogP contribution in [0.5, 0.6) is 0 Å². The lowest BCUT2D eigenvalue weighted by Crippen LogP contribution is -2.34. The molecule has 14 heavy (non-hydrogen) atoms. The summed E-state index contributed by atoms with van der Waals surface area (Å²) >= 11 is 4.92. The second kappa shape index (κ2) is 5.07. The largest absolute Gasteiger partial charge is 0.344 e. The number of anilines is 1. The lowest BCUT2D eigenvalue weighted by molar-refractivity contribution is 0.568. The van der Waals surface area contributed by atoms with Crippen molar-refractivity contribution in [3.8, 4) is 0 Å². The lowest BCUT2D eigenvalue weighted by Gasteiger charge is -2.27. The van der Waals surface area contributed by atoms with E-state index < -0.39 is 0 Å². The highest BCUT2D eigenvalue weighted by atomic mass is 79.9. The lowest BCUT2D eigenvalue weighted by atomic mass is 10.2. The number of nitrogens with zero attached hydrogens (tertiary/aromatic N) is 3. The highest BCUT2D eigenvalue weighted by Crippen LogP contribution is 2.26. The summed E-state index contributed by atoms with van der Waals surface area (Å²) in [4.78, 5) is 2.28. The van der Waals surface area contributed by atoms with Crippen LogP contribution < -0.4 is 4.90 Å². The monoisotopic (exact) mass is 277 g/mol. The molecular weight excluding hydrogens is 262 g/mol. The van der Waals surface area contributed by atoms with Crippen LogP contribution in [-0.4, -0.2) is 22.8 Å². The van der Waals surface area contributed by atoms with Crippen molar-refractivity contribution < 1.29 is 0 Å². The van der Waals surface area contributed by atoms with Gasteiger partial charge in [-0.1, -0.05) is 25.2 Å². The van der Waals surface area contributed by atoms with Gasteiger partial charge in [-0.2, -0.15) is 0 Å². The van der Waals surface area contributed by atoms with Crippen LogP contribution in [0.1, 0.15) is 27.7 Å². The van der Waals surface area contributed by atoms with Crippen LogP contribution in [0.4, 0.5) is 5.13 Å². The fourth-order valence-corrected chi connectivity index (χ4v) is 2.45. The molecule has 0 radical (unpaired) electrons. The fourth-order valence-electron chi connectivity index (χ4n) is 1.22. The van der Waals surface area contributed by atoms with Crippen LogP contribution in [0.3, 0.4) is 0 Å². The molecule has 0 saturated heterocycles. The molecule has 0 spiro atoms. The van der Waals surface area contributed by atoms with E-state index in [1.165, 1.54) is 0 Å². The molecule has 1 heterocycles. The summed E-state index contributed by atoms with van der Waals surface area (Å²) in [5.74, 6) is 0.639. The zero-order chi connectivity index (χ0) is 10.7. The summed E-state index contributed by atoms with van der Waals surface area (Å²) in [5, 5.41) is 9.11. The number of hydrogen-bond donors (Lipinski definition) is 0. The first-order valence-electron chi connectivity index (χ1n) is 4.76. The van der Waals surface area contributed by atoms with E-state index in [0.29, 0.717) is 12.0 Å². The van der Waals surface area contributed by atoms with Gasteiger partial charge in [0, 0.05) is 12.6 Å². The number of rotatable bonds is 4. The predicted octanol–water partition coefficient (Wildman–Crippen LogP) is 3.17. The van der Waals surface area contributed by atoms with Crippen molar-refractivity contribution in [2.75, 3.05) is 11.4 Å². The molecule has 1 aromatic rings. The third-order valence-electron chi connectivity index (χ3n) is 1.82. The van der Waals surface area contributed by atoms with E-state index in [0.717, 1.165) is 15.6 Å². The van der Waals surface area contributed by atoms with Crippen molar-refractivity contribution in [2.24, 2.45) is 5.92 Å². The van der Waals surface area contributed by atoms with E-state index in [2.05, 4.69) is 58.7 Å². The standard InChI is InChI=1S/C9H16BrN3S/c1-6(2)5-13(7(3)4)9-12-11-8(10)14-9/h6-7H,5H2,1-4H3. The minimum Gasteiger partial charge on any atom is -0.344 e. The van der Waals surface area contributed by atoms with Crippen LogP contribution >= 0.6 is 27.3 Å². The van der Waals surface area contributed by atoms with Crippen LogP contribution in [0.2, 0.25) is 0 Å². The Hall–Kier alpha value is -0.160. The smallest absolute Gasteiger partial charge is 0.209 e. The number of aromatic nitrogens is 2. The Morgan fingerprint density at radius 3 is 2.29 bits per heavy atom. The molecule has 1 rings (SSSR count). The van der Waals surface area contributed by atoms with Crippen molar-refractivity contribution in [1.82, 2.24) is 10.2 Å². The Kier molecular flexibility index (Phi) is 4.31. The zero-order valence-corrected chi connectivity index (χ0v) is 11.4. The Morgan fingerprint density at radius 2 is 1.93 bits per heavy atom. The van der Waals surface area contributed by atoms with Crippen molar-refractivity contribution in [3.05, 3.63) is 3.92 Å². The first kappa shape index (κ1) is 11.9. The van der Waals surface area contributed by atoms with E-state index in [9.17, 15) is 0 Å². The Morgan fingerprint density at radius 1 is 1.29 bits per heavy atom. The maximum absolute atomic E-state index is 4.14. The summed E-state index contributed by atoms with van der Waals surface area (Å²) in [6.07, 6.45) is 0. The van der Waals surface area contributed by atoms with Crippen LogP contribution in [0, 0.1) is 5.92 Å². The normalized spacial score (nSPS) is 11.4. The number of halogens is 1. The topological polar surface area (TPSA) is 29.0 Å². The minimum absolute atomic E-state index is 0.470. The van der Waals surface area contributed by atoms with E-state index in [1.54, 1.807) is 11.3 Å². The molecule has 0 amide bonds. The second-order valence-corrected chi connectivity index (χ2v) is 6.21. The summed E-state index contributed by atoms with van der Waals surface area (Å²) in [5.41, 5.74) is 0. The SMILES string of the molecule is CC(C)CN(c1nnc(Br)s1)C(C)C. The Bertz CT molecular complexity index is 285. The van der Waals surface area contributed by atoms with E-state index >= 15 is 0 Å². The molecule has 0 N–H and O–H groups in total. The van der Waals surface area contributed by atoms with Crippen molar-refractivity contribution in [3.63, 3.8) is 0 Å². The highest BCUT2D eigenvalue weighted by Gasteiger charge is 2.15. The molecule has 0 aliphatic rings. The molecular formula is C9H16BrN3S. The molecule has 0 unspecified atom stereocenters. The molecule has 0 atom stereocenters. The van der Waals surface area contributed by atoms with Gasteiger partial charge >= 0.3 is 0 Å². The average molecular weight is 278 g/mol. The summed E-state index contributed by atoms with van der Waals surface area (Å²) in [6.45, 7) is 9.81. The van der Waals surface area contributed by atoms with Gasteiger partial charge in [0.1, 0.15) is 0 Å². The van der Waals surface area contributed by atoms with Gasteiger partial charge in [0.15, 0.2) is 3.92 Å². The van der Waals surface area contributed by atoms with Crippen molar-refractivity contribution >= 4 is 32.4 Å². The third kappa shape index (κ3) is 3.20. The summed E-state index contributed by atoms with van der Waals surface area (Å²) in [7, 11) is 0. The van der Waals surface area contributed by atoms with Crippen molar-refractivity contribution in [1.29, 1.82) is 0 Å². The predicted molar refractivity (Wildman–Crippen MR) is 64.9 cm³/mol. The quantitative estimate of drug-likeness (QED) is 0.847.